The third kappa shape index (κ3) is 3.80. The standard InChI is InChI=1S/C18H20N4O3S/c1-10-15(12(3)24-21-10)8-20-17(23)14-6-5-7-19-18(14)26-9-16-11(2)22-25-13(16)4/h5-7H,8-9H2,1-4H3,(H,20,23). The number of carbonyl (C=O) groups is 1. The number of amides is 1. The van der Waals surface area contributed by atoms with Crippen LogP contribution in [0.4, 0.5) is 0 Å². The largest absolute Gasteiger partial charge is 0.361 e. The third-order valence-electron chi connectivity index (χ3n) is 4.16. The number of thioether (sulfide) groups is 1. The van der Waals surface area contributed by atoms with Crippen LogP contribution in [0.5, 0.6) is 0 Å². The molecule has 1 amide bonds. The second-order valence-electron chi connectivity index (χ2n) is 5.93. The Kier molecular flexibility index (Phi) is 5.41. The fourth-order valence-corrected chi connectivity index (χ4v) is 3.69. The minimum atomic E-state index is -0.181. The third-order valence-corrected chi connectivity index (χ3v) is 5.19. The first-order valence-corrected chi connectivity index (χ1v) is 9.15. The summed E-state index contributed by atoms with van der Waals surface area (Å²) >= 11 is 1.49. The van der Waals surface area contributed by atoms with Crippen molar-refractivity contribution >= 4 is 17.7 Å². The van der Waals surface area contributed by atoms with E-state index in [0.29, 0.717) is 28.6 Å². The average molecular weight is 372 g/mol. The molecule has 0 fully saturated rings. The SMILES string of the molecule is Cc1noc(C)c1CNC(=O)c1cccnc1SCc1c(C)noc1C. The molecule has 3 heterocycles. The first kappa shape index (κ1) is 18.2. The number of hydrogen-bond donors (Lipinski definition) is 1. The summed E-state index contributed by atoms with van der Waals surface area (Å²) < 4.78 is 10.3. The van der Waals surface area contributed by atoms with Gasteiger partial charge in [0, 0.05) is 29.6 Å². The van der Waals surface area contributed by atoms with Gasteiger partial charge in [-0.25, -0.2) is 4.98 Å². The maximum atomic E-state index is 12.6. The van der Waals surface area contributed by atoms with Crippen molar-refractivity contribution in [3.05, 3.63) is 57.9 Å². The van der Waals surface area contributed by atoms with E-state index in [0.717, 1.165) is 28.3 Å². The van der Waals surface area contributed by atoms with Gasteiger partial charge >= 0.3 is 0 Å². The average Bonchev–Trinajstić information content (AvgIpc) is 3.13. The molecule has 3 aromatic heterocycles. The van der Waals surface area contributed by atoms with Gasteiger partial charge in [-0.15, -0.1) is 11.8 Å². The van der Waals surface area contributed by atoms with E-state index in [9.17, 15) is 4.79 Å². The molecule has 0 unspecified atom stereocenters. The van der Waals surface area contributed by atoms with E-state index in [-0.39, 0.29) is 5.91 Å². The molecule has 0 aromatic carbocycles. The van der Waals surface area contributed by atoms with Gasteiger partial charge in [-0.05, 0) is 39.8 Å². The summed E-state index contributed by atoms with van der Waals surface area (Å²) in [5.41, 5.74) is 4.10. The molecule has 0 radical (unpaired) electrons. The molecule has 0 saturated heterocycles. The molecule has 0 spiro atoms. The molecule has 0 atom stereocenters. The van der Waals surface area contributed by atoms with Crippen LogP contribution in [0.1, 0.15) is 44.4 Å². The number of hydrogen-bond acceptors (Lipinski definition) is 7. The summed E-state index contributed by atoms with van der Waals surface area (Å²) in [4.78, 5) is 17.0. The van der Waals surface area contributed by atoms with Crippen LogP contribution >= 0.6 is 11.8 Å². The molecule has 8 heteroatoms. The van der Waals surface area contributed by atoms with Crippen molar-refractivity contribution in [3.63, 3.8) is 0 Å². The highest BCUT2D eigenvalue weighted by atomic mass is 32.2. The van der Waals surface area contributed by atoms with Crippen LogP contribution in [0.25, 0.3) is 0 Å². The van der Waals surface area contributed by atoms with Crippen LogP contribution in [-0.4, -0.2) is 21.2 Å². The maximum absolute atomic E-state index is 12.6. The predicted octanol–water partition coefficient (Wildman–Crippen LogP) is 3.51. The molecule has 26 heavy (non-hydrogen) atoms. The molecule has 3 rings (SSSR count). The van der Waals surface area contributed by atoms with Crippen molar-refractivity contribution in [3.8, 4) is 0 Å². The van der Waals surface area contributed by atoms with Crippen LogP contribution in [0.2, 0.25) is 0 Å². The number of nitrogens with zero attached hydrogens (tertiary/aromatic N) is 3. The summed E-state index contributed by atoms with van der Waals surface area (Å²) in [6, 6.07) is 3.52. The highest BCUT2D eigenvalue weighted by Crippen LogP contribution is 2.27. The first-order chi connectivity index (χ1) is 12.5. The summed E-state index contributed by atoms with van der Waals surface area (Å²) in [7, 11) is 0. The van der Waals surface area contributed by atoms with Gasteiger partial charge in [-0.1, -0.05) is 10.3 Å². The lowest BCUT2D eigenvalue weighted by Crippen LogP contribution is -2.24. The summed E-state index contributed by atoms with van der Waals surface area (Å²) in [6.07, 6.45) is 1.68. The van der Waals surface area contributed by atoms with Gasteiger partial charge in [0.25, 0.3) is 5.91 Å². The van der Waals surface area contributed by atoms with E-state index in [1.807, 2.05) is 27.7 Å². The Morgan fingerprint density at radius 2 is 1.73 bits per heavy atom. The Hall–Kier alpha value is -2.61. The topological polar surface area (TPSA) is 94.1 Å². The lowest BCUT2D eigenvalue weighted by Gasteiger charge is -2.09. The highest BCUT2D eigenvalue weighted by Gasteiger charge is 2.17. The van der Waals surface area contributed by atoms with Crippen molar-refractivity contribution < 1.29 is 13.8 Å². The minimum absolute atomic E-state index is 0.181. The Morgan fingerprint density at radius 1 is 1.08 bits per heavy atom. The fraction of sp³-hybridized carbons (Fsp3) is 0.333. The molecule has 136 valence electrons. The molecule has 0 aliphatic carbocycles. The van der Waals surface area contributed by atoms with Crippen LogP contribution in [-0.2, 0) is 12.3 Å². The van der Waals surface area contributed by atoms with E-state index in [4.69, 9.17) is 9.05 Å². The summed E-state index contributed by atoms with van der Waals surface area (Å²) in [5, 5.41) is 11.4. The molecule has 3 aromatic rings. The monoisotopic (exact) mass is 372 g/mol. The molecule has 0 aliphatic heterocycles. The molecule has 0 aliphatic rings. The maximum Gasteiger partial charge on any atom is 0.254 e. The summed E-state index contributed by atoms with van der Waals surface area (Å²) in [6.45, 7) is 7.83. The van der Waals surface area contributed by atoms with Crippen molar-refractivity contribution in [1.29, 1.82) is 0 Å². The molecule has 0 bridgehead atoms. The van der Waals surface area contributed by atoms with Crippen LogP contribution in [0.15, 0.2) is 32.4 Å². The van der Waals surface area contributed by atoms with Crippen molar-refractivity contribution in [2.45, 2.75) is 45.0 Å². The zero-order valence-corrected chi connectivity index (χ0v) is 15.9. The minimum Gasteiger partial charge on any atom is -0.361 e. The van der Waals surface area contributed by atoms with Crippen LogP contribution < -0.4 is 5.32 Å². The first-order valence-electron chi connectivity index (χ1n) is 8.17. The quantitative estimate of drug-likeness (QED) is 0.662. The highest BCUT2D eigenvalue weighted by molar-refractivity contribution is 7.98. The Balaban J connectivity index is 1.71. The molecular weight excluding hydrogens is 352 g/mol. The van der Waals surface area contributed by atoms with Crippen LogP contribution in [0.3, 0.4) is 0 Å². The molecular formula is C18H20N4O3S. The van der Waals surface area contributed by atoms with Gasteiger partial charge in [0.1, 0.15) is 16.5 Å². The Bertz CT molecular complexity index is 893. The normalized spacial score (nSPS) is 10.9. The zero-order chi connectivity index (χ0) is 18.7. The van der Waals surface area contributed by atoms with Gasteiger partial charge in [-0.2, -0.15) is 0 Å². The number of carbonyl (C=O) groups excluding carboxylic acids is 1. The fourth-order valence-electron chi connectivity index (χ4n) is 2.55. The Morgan fingerprint density at radius 3 is 2.35 bits per heavy atom. The lowest BCUT2D eigenvalue weighted by molar-refractivity contribution is 0.0947. The molecule has 7 nitrogen and oxygen atoms in total. The van der Waals surface area contributed by atoms with Crippen molar-refractivity contribution in [2.24, 2.45) is 0 Å². The Labute approximate surface area is 155 Å². The van der Waals surface area contributed by atoms with Gasteiger partial charge in [0.05, 0.1) is 17.0 Å². The molecule has 1 N–H and O–H groups in total. The number of aromatic nitrogens is 3. The second-order valence-corrected chi connectivity index (χ2v) is 6.90. The second kappa shape index (κ2) is 7.74. The number of aryl methyl sites for hydroxylation is 4. The van der Waals surface area contributed by atoms with Crippen molar-refractivity contribution in [1.82, 2.24) is 20.6 Å². The summed E-state index contributed by atoms with van der Waals surface area (Å²) in [5.74, 6) is 1.96. The number of nitrogens with one attached hydrogen (secondary N) is 1. The number of pyridine rings is 1. The van der Waals surface area contributed by atoms with E-state index in [1.54, 1.807) is 18.3 Å². The molecule has 0 saturated carbocycles. The van der Waals surface area contributed by atoms with E-state index in [1.165, 1.54) is 11.8 Å². The smallest absolute Gasteiger partial charge is 0.254 e. The predicted molar refractivity (Wildman–Crippen MR) is 96.9 cm³/mol. The van der Waals surface area contributed by atoms with Gasteiger partial charge in [-0.3, -0.25) is 4.79 Å². The van der Waals surface area contributed by atoms with Crippen LogP contribution in [0, 0.1) is 27.7 Å². The van der Waals surface area contributed by atoms with E-state index < -0.39 is 0 Å². The van der Waals surface area contributed by atoms with Gasteiger partial charge in [0.15, 0.2) is 0 Å². The lowest BCUT2D eigenvalue weighted by atomic mass is 10.2. The van der Waals surface area contributed by atoms with Gasteiger partial charge in [0.2, 0.25) is 0 Å². The van der Waals surface area contributed by atoms with E-state index >= 15 is 0 Å². The number of rotatable bonds is 6. The van der Waals surface area contributed by atoms with Gasteiger partial charge < -0.3 is 14.4 Å². The van der Waals surface area contributed by atoms with E-state index in [2.05, 4.69) is 20.6 Å². The zero-order valence-electron chi connectivity index (χ0n) is 15.1. The van der Waals surface area contributed by atoms with Crippen molar-refractivity contribution in [2.75, 3.05) is 0 Å².